The van der Waals surface area contributed by atoms with Crippen LogP contribution in [0, 0.1) is 0 Å². The minimum atomic E-state index is -0.581. The highest BCUT2D eigenvalue weighted by Gasteiger charge is 2.17. The molecule has 0 radical (unpaired) electrons. The summed E-state index contributed by atoms with van der Waals surface area (Å²) in [5.41, 5.74) is 0.519. The fraction of sp³-hybridized carbons (Fsp3) is 0.182. The number of aliphatic hydroxyl groups is 1. The first kappa shape index (κ1) is 14.6. The Hall–Kier alpha value is -0.460. The van der Waals surface area contributed by atoms with Crippen LogP contribution in [0.2, 0.25) is 10.0 Å². The maximum absolute atomic E-state index is 11.4. The van der Waals surface area contributed by atoms with E-state index in [1.165, 1.54) is 13.2 Å². The van der Waals surface area contributed by atoms with Crippen molar-refractivity contribution in [3.63, 3.8) is 0 Å². The molecule has 1 aromatic carbocycles. The van der Waals surface area contributed by atoms with Crippen molar-refractivity contribution < 1.29 is 14.6 Å². The molecule has 0 spiro atoms. The molecular weight excluding hydrogens is 378 g/mol. The van der Waals surface area contributed by atoms with Gasteiger partial charge in [-0.3, -0.25) is 0 Å². The van der Waals surface area contributed by atoms with Crippen LogP contribution in [0.3, 0.4) is 0 Å². The fourth-order valence-electron chi connectivity index (χ4n) is 1.18. The Bertz CT molecular complexity index is 472. The van der Waals surface area contributed by atoms with Crippen molar-refractivity contribution in [3.05, 3.63) is 39.4 Å². The summed E-state index contributed by atoms with van der Waals surface area (Å²) in [4.78, 5) is 11.4. The second-order valence-electron chi connectivity index (χ2n) is 3.08. The standard InChI is InChI=1S/C11H9Cl2IO3/c1-17-11(16)8(5-14)10(15)7-3-2-6(12)4-9(7)13/h2-4,15H,5H2,1H3/b10-8+. The number of alkyl halides is 1. The summed E-state index contributed by atoms with van der Waals surface area (Å²) in [6.45, 7) is 0. The molecule has 0 aliphatic rings. The van der Waals surface area contributed by atoms with Crippen LogP contribution in [0.5, 0.6) is 0 Å². The van der Waals surface area contributed by atoms with E-state index >= 15 is 0 Å². The number of rotatable bonds is 3. The van der Waals surface area contributed by atoms with Gasteiger partial charge in [0.25, 0.3) is 0 Å². The van der Waals surface area contributed by atoms with E-state index in [4.69, 9.17) is 23.2 Å². The summed E-state index contributed by atoms with van der Waals surface area (Å²) in [5.74, 6) is -0.768. The molecular formula is C11H9Cl2IO3. The van der Waals surface area contributed by atoms with Gasteiger partial charge in [0.05, 0.1) is 17.7 Å². The summed E-state index contributed by atoms with van der Waals surface area (Å²) in [7, 11) is 1.26. The van der Waals surface area contributed by atoms with Crippen molar-refractivity contribution >= 4 is 57.5 Å². The van der Waals surface area contributed by atoms with Gasteiger partial charge in [-0.2, -0.15) is 0 Å². The van der Waals surface area contributed by atoms with E-state index < -0.39 is 5.97 Å². The summed E-state index contributed by atoms with van der Waals surface area (Å²) in [6.07, 6.45) is 0. The minimum absolute atomic E-state index is 0.164. The monoisotopic (exact) mass is 386 g/mol. The SMILES string of the molecule is COC(=O)/C(CI)=C(/O)c1ccc(Cl)cc1Cl. The molecule has 0 amide bonds. The van der Waals surface area contributed by atoms with Crippen molar-refractivity contribution in [2.75, 3.05) is 11.5 Å². The number of hydrogen-bond acceptors (Lipinski definition) is 3. The molecule has 1 rings (SSSR count). The highest BCUT2D eigenvalue weighted by atomic mass is 127. The highest BCUT2D eigenvalue weighted by Crippen LogP contribution is 2.28. The number of carbonyl (C=O) groups excluding carboxylic acids is 1. The molecule has 0 aliphatic heterocycles. The molecule has 3 nitrogen and oxygen atoms in total. The second kappa shape index (κ2) is 6.47. The molecule has 0 saturated heterocycles. The number of esters is 1. The van der Waals surface area contributed by atoms with Gasteiger partial charge in [0.15, 0.2) is 0 Å². The van der Waals surface area contributed by atoms with Crippen molar-refractivity contribution in [2.45, 2.75) is 0 Å². The number of aliphatic hydroxyl groups excluding tert-OH is 1. The first-order valence-electron chi connectivity index (χ1n) is 4.53. The lowest BCUT2D eigenvalue weighted by molar-refractivity contribution is -0.135. The van der Waals surface area contributed by atoms with Gasteiger partial charge in [-0.25, -0.2) is 4.79 Å². The summed E-state index contributed by atoms with van der Waals surface area (Å²) < 4.78 is 4.89. The molecule has 0 aliphatic carbocycles. The predicted octanol–water partition coefficient (Wildman–Crippen LogP) is 3.87. The van der Waals surface area contributed by atoms with Crippen molar-refractivity contribution in [1.29, 1.82) is 0 Å². The number of halogens is 3. The second-order valence-corrected chi connectivity index (χ2v) is 4.68. The van der Waals surface area contributed by atoms with E-state index in [0.29, 0.717) is 15.0 Å². The first-order chi connectivity index (χ1) is 8.01. The van der Waals surface area contributed by atoms with Crippen LogP contribution >= 0.6 is 45.8 Å². The molecule has 0 atom stereocenters. The minimum Gasteiger partial charge on any atom is -0.507 e. The lowest BCUT2D eigenvalue weighted by Gasteiger charge is -2.08. The summed E-state index contributed by atoms with van der Waals surface area (Å²) in [6, 6.07) is 4.63. The number of hydrogen-bond donors (Lipinski definition) is 1. The van der Waals surface area contributed by atoms with E-state index in [2.05, 4.69) is 4.74 Å². The zero-order chi connectivity index (χ0) is 13.0. The quantitative estimate of drug-likeness (QED) is 0.282. The maximum atomic E-state index is 11.4. The molecule has 0 unspecified atom stereocenters. The molecule has 92 valence electrons. The van der Waals surface area contributed by atoms with E-state index in [1.54, 1.807) is 12.1 Å². The van der Waals surface area contributed by atoms with Crippen LogP contribution in [0.4, 0.5) is 0 Å². The molecule has 0 aromatic heterocycles. The van der Waals surface area contributed by atoms with E-state index in [9.17, 15) is 9.90 Å². The fourth-order valence-corrected chi connectivity index (χ4v) is 2.35. The van der Waals surface area contributed by atoms with E-state index in [1.807, 2.05) is 22.6 Å². The zero-order valence-corrected chi connectivity index (χ0v) is 12.5. The number of methoxy groups -OCH3 is 1. The maximum Gasteiger partial charge on any atom is 0.338 e. The van der Waals surface area contributed by atoms with E-state index in [0.717, 1.165) is 0 Å². The number of benzene rings is 1. The Kier molecular flexibility index (Phi) is 5.55. The van der Waals surface area contributed by atoms with Gasteiger partial charge in [-0.15, -0.1) is 0 Å². The van der Waals surface area contributed by atoms with Gasteiger partial charge in [0.2, 0.25) is 0 Å². The summed E-state index contributed by atoms with van der Waals surface area (Å²) in [5, 5.41) is 10.7. The predicted molar refractivity (Wildman–Crippen MR) is 76.9 cm³/mol. The lowest BCUT2D eigenvalue weighted by atomic mass is 10.1. The number of carbonyl (C=O) groups is 1. The largest absolute Gasteiger partial charge is 0.507 e. The van der Waals surface area contributed by atoms with Gasteiger partial charge < -0.3 is 9.84 Å². The normalized spacial score (nSPS) is 12.0. The van der Waals surface area contributed by atoms with Crippen LogP contribution in [-0.2, 0) is 9.53 Å². The molecule has 0 bridgehead atoms. The van der Waals surface area contributed by atoms with Crippen molar-refractivity contribution in [3.8, 4) is 0 Å². The van der Waals surface area contributed by atoms with Crippen LogP contribution in [0.25, 0.3) is 5.76 Å². The van der Waals surface area contributed by atoms with Crippen LogP contribution < -0.4 is 0 Å². The van der Waals surface area contributed by atoms with Crippen molar-refractivity contribution in [2.24, 2.45) is 0 Å². The third-order valence-electron chi connectivity index (χ3n) is 2.04. The zero-order valence-electron chi connectivity index (χ0n) is 8.84. The highest BCUT2D eigenvalue weighted by molar-refractivity contribution is 14.1. The van der Waals surface area contributed by atoms with Gasteiger partial charge >= 0.3 is 5.97 Å². The van der Waals surface area contributed by atoms with Crippen LogP contribution in [-0.4, -0.2) is 22.6 Å². The molecule has 0 heterocycles. The topological polar surface area (TPSA) is 46.5 Å². The van der Waals surface area contributed by atoms with E-state index in [-0.39, 0.29) is 16.4 Å². The number of ether oxygens (including phenoxy) is 1. The molecule has 1 N–H and O–H groups in total. The Morgan fingerprint density at radius 1 is 1.47 bits per heavy atom. The van der Waals surface area contributed by atoms with Crippen molar-refractivity contribution in [1.82, 2.24) is 0 Å². The molecule has 0 fully saturated rings. The lowest BCUT2D eigenvalue weighted by Crippen LogP contribution is -2.09. The summed E-state index contributed by atoms with van der Waals surface area (Å²) >= 11 is 13.7. The molecule has 6 heteroatoms. The molecule has 0 saturated carbocycles. The van der Waals surface area contributed by atoms with Gasteiger partial charge in [-0.1, -0.05) is 45.8 Å². The molecule has 1 aromatic rings. The van der Waals surface area contributed by atoms with Crippen LogP contribution in [0.15, 0.2) is 23.8 Å². The average molecular weight is 387 g/mol. The third kappa shape index (κ3) is 3.50. The van der Waals surface area contributed by atoms with Gasteiger partial charge in [-0.05, 0) is 18.2 Å². The first-order valence-corrected chi connectivity index (χ1v) is 6.81. The van der Waals surface area contributed by atoms with Crippen LogP contribution in [0.1, 0.15) is 5.56 Å². The Morgan fingerprint density at radius 2 is 2.12 bits per heavy atom. The average Bonchev–Trinajstić information content (AvgIpc) is 2.29. The molecule has 17 heavy (non-hydrogen) atoms. The smallest absolute Gasteiger partial charge is 0.338 e. The Morgan fingerprint density at radius 3 is 2.59 bits per heavy atom. The Balaban J connectivity index is 3.29. The van der Waals surface area contributed by atoms with Gasteiger partial charge in [0, 0.05) is 15.0 Å². The van der Waals surface area contributed by atoms with Gasteiger partial charge in [0.1, 0.15) is 5.76 Å². The third-order valence-corrected chi connectivity index (χ3v) is 3.35. The Labute approximate surface area is 123 Å².